The zero-order chi connectivity index (χ0) is 27.4. The highest BCUT2D eigenvalue weighted by atomic mass is 19.3. The molecule has 35 heavy (non-hydrogen) atoms. The van der Waals surface area contributed by atoms with E-state index in [0.29, 0.717) is 0 Å². The number of carboxylic acids is 1. The molecule has 1 atom stereocenters. The Morgan fingerprint density at radius 3 is 1.69 bits per heavy atom. The molecule has 0 saturated heterocycles. The fourth-order valence-electron chi connectivity index (χ4n) is 2.45. The quantitative estimate of drug-likeness (QED) is 0.306. The smallest absolute Gasteiger partial charge is 0.514 e. The minimum atomic E-state index is -4.47. The first-order chi connectivity index (χ1) is 15.7. The van der Waals surface area contributed by atoms with Crippen molar-refractivity contribution in [1.29, 1.82) is 0 Å². The summed E-state index contributed by atoms with van der Waals surface area (Å²) in [6.45, 7) is 11.9. The molecule has 0 saturated carbocycles. The van der Waals surface area contributed by atoms with Crippen LogP contribution in [0.5, 0.6) is 11.5 Å². The van der Waals surface area contributed by atoms with Gasteiger partial charge in [-0.3, -0.25) is 0 Å². The normalized spacial score (nSPS) is 13.0. The molecule has 0 amide bonds. The maximum atomic E-state index is 14.0. The zero-order valence-corrected chi connectivity index (χ0v) is 20.7. The molecule has 1 rings (SSSR count). The molecule has 12 heteroatoms. The molecule has 0 aromatic heterocycles. The van der Waals surface area contributed by atoms with E-state index in [1.54, 1.807) is 41.5 Å². The van der Waals surface area contributed by atoms with Crippen LogP contribution in [-0.2, 0) is 19.0 Å². The molecule has 10 nitrogen and oxygen atoms in total. The van der Waals surface area contributed by atoms with E-state index in [1.807, 2.05) is 0 Å². The Hall–Kier alpha value is -3.44. The van der Waals surface area contributed by atoms with E-state index >= 15 is 0 Å². The van der Waals surface area contributed by atoms with Gasteiger partial charge in [0.1, 0.15) is 17.2 Å². The summed E-state index contributed by atoms with van der Waals surface area (Å²) in [5, 5.41) is 10.8. The van der Waals surface area contributed by atoms with Gasteiger partial charge in [-0.05, 0) is 65.7 Å². The Kier molecular flexibility index (Phi) is 9.19. The lowest BCUT2D eigenvalue weighted by Gasteiger charge is -2.30. The zero-order valence-electron chi connectivity index (χ0n) is 20.7. The van der Waals surface area contributed by atoms with Crippen molar-refractivity contribution in [2.24, 2.45) is 5.92 Å². The number of aliphatic carboxylic acids is 1. The molecule has 0 radical (unpaired) electrons. The monoisotopic (exact) mass is 503 g/mol. The largest absolute Gasteiger partial charge is 0.544 e. The number of halogens is 2. The fourth-order valence-corrected chi connectivity index (χ4v) is 2.45. The molecule has 0 spiro atoms. The van der Waals surface area contributed by atoms with Crippen molar-refractivity contribution < 1.29 is 56.7 Å². The summed E-state index contributed by atoms with van der Waals surface area (Å²) in [6.07, 6.45) is -4.73. The number of rotatable bonds is 7. The van der Waals surface area contributed by atoms with Crippen LogP contribution in [0.25, 0.3) is 0 Å². The highest BCUT2D eigenvalue weighted by Gasteiger charge is 2.46. The van der Waals surface area contributed by atoms with Gasteiger partial charge in [0.15, 0.2) is 17.6 Å². The van der Waals surface area contributed by atoms with Gasteiger partial charge in [-0.1, -0.05) is 13.8 Å². The number of carbonyl (C=O) groups excluding carboxylic acids is 4. The van der Waals surface area contributed by atoms with Gasteiger partial charge in [-0.15, -0.1) is 0 Å². The lowest BCUT2D eigenvalue weighted by Crippen LogP contribution is -2.53. The summed E-state index contributed by atoms with van der Waals surface area (Å²) in [6, 6.07) is 2.93. The fraction of sp³-hybridized carbons (Fsp3) is 0.565. The predicted octanol–water partition coefficient (Wildman–Crippen LogP) is 3.88. The third-order valence-corrected chi connectivity index (χ3v) is 3.81. The Labute approximate surface area is 201 Å². The highest BCUT2D eigenvalue weighted by Crippen LogP contribution is 2.32. The number of hydrogen-bond acceptors (Lipinski definition) is 10. The van der Waals surface area contributed by atoms with Crippen LogP contribution >= 0.6 is 0 Å². The van der Waals surface area contributed by atoms with E-state index in [1.165, 1.54) is 13.8 Å². The first-order valence-corrected chi connectivity index (χ1v) is 10.5. The molecule has 1 aromatic carbocycles. The molecule has 0 aliphatic rings. The van der Waals surface area contributed by atoms with Gasteiger partial charge in [-0.2, -0.15) is 8.78 Å². The third-order valence-electron chi connectivity index (χ3n) is 3.81. The van der Waals surface area contributed by atoms with Crippen molar-refractivity contribution in [2.75, 3.05) is 0 Å². The van der Waals surface area contributed by atoms with Gasteiger partial charge in [0, 0.05) is 0 Å². The molecule has 1 aromatic rings. The van der Waals surface area contributed by atoms with Crippen molar-refractivity contribution in [3.8, 4) is 11.5 Å². The van der Waals surface area contributed by atoms with E-state index in [4.69, 9.17) is 23.7 Å². The summed E-state index contributed by atoms with van der Waals surface area (Å²) < 4.78 is 52.9. The van der Waals surface area contributed by atoms with Gasteiger partial charge < -0.3 is 33.6 Å². The van der Waals surface area contributed by atoms with E-state index in [9.17, 15) is 33.1 Å². The molecule has 0 bridgehead atoms. The van der Waals surface area contributed by atoms with Crippen LogP contribution in [-0.4, -0.2) is 47.5 Å². The number of benzene rings is 1. The van der Waals surface area contributed by atoms with E-state index in [0.717, 1.165) is 18.2 Å². The lowest BCUT2D eigenvalue weighted by molar-refractivity contribution is -0.337. The van der Waals surface area contributed by atoms with Crippen molar-refractivity contribution in [1.82, 2.24) is 0 Å². The molecule has 0 aliphatic carbocycles. The van der Waals surface area contributed by atoms with Gasteiger partial charge in [0.25, 0.3) is 0 Å². The molecule has 0 N–H and O–H groups in total. The summed E-state index contributed by atoms with van der Waals surface area (Å²) in [5.74, 6) is -10.5. The summed E-state index contributed by atoms with van der Waals surface area (Å²) in [7, 11) is 0. The third kappa shape index (κ3) is 9.38. The summed E-state index contributed by atoms with van der Waals surface area (Å²) in [4.78, 5) is 47.6. The van der Waals surface area contributed by atoms with E-state index in [-0.39, 0.29) is 5.75 Å². The maximum Gasteiger partial charge on any atom is 0.514 e. The second-order valence-corrected chi connectivity index (χ2v) is 9.77. The van der Waals surface area contributed by atoms with Crippen molar-refractivity contribution >= 4 is 24.2 Å². The number of carboxylic acid groups (broad SMARTS) is 1. The van der Waals surface area contributed by atoms with Gasteiger partial charge in [0.2, 0.25) is 0 Å². The van der Waals surface area contributed by atoms with Crippen LogP contribution in [0, 0.1) is 5.92 Å². The molecule has 0 fully saturated rings. The summed E-state index contributed by atoms with van der Waals surface area (Å²) in [5.41, 5.74) is -2.29. The van der Waals surface area contributed by atoms with Crippen LogP contribution in [0.1, 0.15) is 65.7 Å². The first kappa shape index (κ1) is 29.6. The second-order valence-electron chi connectivity index (χ2n) is 9.77. The summed E-state index contributed by atoms with van der Waals surface area (Å²) >= 11 is 0. The van der Waals surface area contributed by atoms with Crippen LogP contribution in [0.4, 0.5) is 18.4 Å². The van der Waals surface area contributed by atoms with E-state index < -0.39 is 64.7 Å². The van der Waals surface area contributed by atoms with Crippen molar-refractivity contribution in [2.45, 2.75) is 78.6 Å². The Balaban J connectivity index is 3.32. The number of carbonyl (C=O) groups is 4. The Bertz CT molecular complexity index is 958. The van der Waals surface area contributed by atoms with Crippen LogP contribution in [0.2, 0.25) is 0 Å². The van der Waals surface area contributed by atoms with Gasteiger partial charge in [0.05, 0.1) is 5.56 Å². The number of ether oxygens (including phenoxy) is 5. The topological polar surface area (TPSA) is 137 Å². The van der Waals surface area contributed by atoms with Crippen molar-refractivity contribution in [3.63, 3.8) is 0 Å². The standard InChI is InChI=1S/C23H30F2O10/c1-12(2)16(23(24,25)18(27)28)33-17(26)13-9-10-14(31-19(29)34-21(3,4)5)15(11-13)32-20(30)35-22(6,7)8/h9-12,16H,1-8H3,(H,27,28)/p-1. The Morgan fingerprint density at radius 1 is 0.829 bits per heavy atom. The van der Waals surface area contributed by atoms with Crippen LogP contribution < -0.4 is 14.6 Å². The maximum absolute atomic E-state index is 14.0. The SMILES string of the molecule is CC(C)C(OC(=O)c1ccc(OC(=O)OC(C)(C)C)c(OC(=O)OC(C)(C)C)c1)C(F)(F)C(=O)[O-]. The lowest BCUT2D eigenvalue weighted by atomic mass is 10.0. The second kappa shape index (κ2) is 10.9. The molecular weight excluding hydrogens is 474 g/mol. The number of alkyl halides is 2. The van der Waals surface area contributed by atoms with E-state index in [2.05, 4.69) is 0 Å². The number of esters is 1. The average molecular weight is 503 g/mol. The molecule has 196 valence electrons. The predicted molar refractivity (Wildman–Crippen MR) is 114 cm³/mol. The van der Waals surface area contributed by atoms with Crippen LogP contribution in [0.15, 0.2) is 18.2 Å². The van der Waals surface area contributed by atoms with Gasteiger partial charge in [-0.25, -0.2) is 14.4 Å². The minimum absolute atomic E-state index is 0.359. The van der Waals surface area contributed by atoms with Crippen LogP contribution in [0.3, 0.4) is 0 Å². The molecule has 0 heterocycles. The molecule has 0 aliphatic heterocycles. The van der Waals surface area contributed by atoms with Crippen molar-refractivity contribution in [3.05, 3.63) is 23.8 Å². The Morgan fingerprint density at radius 2 is 1.29 bits per heavy atom. The minimum Gasteiger partial charge on any atom is -0.544 e. The molecule has 1 unspecified atom stereocenters. The first-order valence-electron chi connectivity index (χ1n) is 10.5. The molecular formula is C23H29F2O10-. The number of hydrogen-bond donors (Lipinski definition) is 0. The highest BCUT2D eigenvalue weighted by molar-refractivity contribution is 5.91. The average Bonchev–Trinajstić information content (AvgIpc) is 2.63. The van der Waals surface area contributed by atoms with Gasteiger partial charge >= 0.3 is 24.2 Å².